The van der Waals surface area contributed by atoms with Crippen LogP contribution >= 0.6 is 0 Å². The van der Waals surface area contributed by atoms with Crippen molar-refractivity contribution >= 4 is 10.8 Å². The molecule has 0 fully saturated rings. The van der Waals surface area contributed by atoms with Gasteiger partial charge in [-0.2, -0.15) is 0 Å². The molecule has 0 saturated carbocycles. The molecule has 21 heavy (non-hydrogen) atoms. The van der Waals surface area contributed by atoms with Crippen LogP contribution in [0.3, 0.4) is 0 Å². The second-order valence-electron chi connectivity index (χ2n) is 4.70. The van der Waals surface area contributed by atoms with Crippen LogP contribution < -0.4 is 4.74 Å². The lowest BCUT2D eigenvalue weighted by molar-refractivity contribution is 0.211. The molecule has 1 heterocycles. The van der Waals surface area contributed by atoms with Gasteiger partial charge in [-0.3, -0.25) is 4.98 Å². The van der Waals surface area contributed by atoms with Crippen LogP contribution in [0.15, 0.2) is 54.9 Å². The van der Waals surface area contributed by atoms with E-state index < -0.39 is 11.9 Å². The number of ether oxygens (including phenoxy) is 1. The number of pyridine rings is 1. The minimum atomic E-state index is -1.12. The van der Waals surface area contributed by atoms with Crippen LogP contribution in [0.1, 0.15) is 17.2 Å². The lowest BCUT2D eigenvalue weighted by Gasteiger charge is -2.18. The van der Waals surface area contributed by atoms with Gasteiger partial charge in [0.05, 0.1) is 13.3 Å². The average molecular weight is 283 g/mol. The summed E-state index contributed by atoms with van der Waals surface area (Å²) < 4.78 is 19.2. The molecule has 1 unspecified atom stereocenters. The van der Waals surface area contributed by atoms with E-state index >= 15 is 0 Å². The van der Waals surface area contributed by atoms with Crippen molar-refractivity contribution in [3.8, 4) is 5.75 Å². The Balaban J connectivity index is 2.25. The van der Waals surface area contributed by atoms with Crippen molar-refractivity contribution in [2.24, 2.45) is 0 Å². The minimum Gasteiger partial charge on any atom is -0.496 e. The number of fused-ring (bicyclic) bond motifs is 1. The molecule has 2 aromatic carbocycles. The van der Waals surface area contributed by atoms with Crippen LogP contribution in [0, 0.1) is 5.82 Å². The molecule has 3 nitrogen and oxygen atoms in total. The molecule has 0 aliphatic carbocycles. The molecule has 1 N–H and O–H groups in total. The molecule has 106 valence electrons. The van der Waals surface area contributed by atoms with Gasteiger partial charge in [-0.1, -0.05) is 30.3 Å². The van der Waals surface area contributed by atoms with Crippen LogP contribution in [0.4, 0.5) is 4.39 Å². The van der Waals surface area contributed by atoms with Gasteiger partial charge < -0.3 is 9.84 Å². The van der Waals surface area contributed by atoms with Gasteiger partial charge in [0.2, 0.25) is 0 Å². The summed E-state index contributed by atoms with van der Waals surface area (Å²) in [5.41, 5.74) is 0.736. The van der Waals surface area contributed by atoms with E-state index in [1.165, 1.54) is 19.4 Å². The van der Waals surface area contributed by atoms with E-state index in [1.807, 2.05) is 30.3 Å². The van der Waals surface area contributed by atoms with Crippen molar-refractivity contribution in [1.29, 1.82) is 0 Å². The van der Waals surface area contributed by atoms with Gasteiger partial charge in [0.25, 0.3) is 0 Å². The molecule has 4 heteroatoms. The van der Waals surface area contributed by atoms with Crippen molar-refractivity contribution in [1.82, 2.24) is 4.98 Å². The molecule has 0 radical (unpaired) electrons. The Bertz CT molecular complexity index is 789. The number of aromatic nitrogens is 1. The summed E-state index contributed by atoms with van der Waals surface area (Å²) in [4.78, 5) is 3.71. The van der Waals surface area contributed by atoms with Crippen LogP contribution in [-0.4, -0.2) is 17.2 Å². The second-order valence-corrected chi connectivity index (χ2v) is 4.70. The fourth-order valence-corrected chi connectivity index (χ4v) is 2.50. The van der Waals surface area contributed by atoms with Gasteiger partial charge >= 0.3 is 0 Å². The zero-order chi connectivity index (χ0) is 14.8. The van der Waals surface area contributed by atoms with Crippen molar-refractivity contribution in [3.05, 3.63) is 71.8 Å². The summed E-state index contributed by atoms with van der Waals surface area (Å²) in [5, 5.41) is 12.4. The Labute approximate surface area is 121 Å². The highest BCUT2D eigenvalue weighted by molar-refractivity contribution is 5.88. The molecule has 0 aliphatic rings. The normalized spacial score (nSPS) is 12.3. The zero-order valence-corrected chi connectivity index (χ0v) is 11.5. The minimum absolute atomic E-state index is 0.180. The number of hydrogen-bond donors (Lipinski definition) is 1. The van der Waals surface area contributed by atoms with E-state index in [2.05, 4.69) is 4.98 Å². The Morgan fingerprint density at radius 2 is 1.95 bits per heavy atom. The number of nitrogens with zero attached hydrogens (tertiary/aromatic N) is 1. The number of hydrogen-bond acceptors (Lipinski definition) is 3. The highest BCUT2D eigenvalue weighted by Crippen LogP contribution is 2.36. The van der Waals surface area contributed by atoms with Crippen LogP contribution in [0.2, 0.25) is 0 Å². The van der Waals surface area contributed by atoms with Crippen LogP contribution in [0.5, 0.6) is 5.75 Å². The largest absolute Gasteiger partial charge is 0.496 e. The van der Waals surface area contributed by atoms with Crippen LogP contribution in [-0.2, 0) is 0 Å². The number of aliphatic hydroxyl groups is 1. The molecule has 1 aromatic heterocycles. The van der Waals surface area contributed by atoms with Gasteiger partial charge in [0, 0.05) is 17.3 Å². The molecule has 1 atom stereocenters. The first-order valence-electron chi connectivity index (χ1n) is 6.55. The van der Waals surface area contributed by atoms with Gasteiger partial charge in [-0.15, -0.1) is 0 Å². The van der Waals surface area contributed by atoms with E-state index in [1.54, 1.807) is 6.07 Å². The van der Waals surface area contributed by atoms with E-state index in [-0.39, 0.29) is 5.56 Å². The summed E-state index contributed by atoms with van der Waals surface area (Å²) >= 11 is 0. The quantitative estimate of drug-likeness (QED) is 0.800. The first-order valence-corrected chi connectivity index (χ1v) is 6.55. The van der Waals surface area contributed by atoms with Gasteiger partial charge in [-0.25, -0.2) is 4.39 Å². The first-order chi connectivity index (χ1) is 10.2. The molecular weight excluding hydrogens is 269 g/mol. The second kappa shape index (κ2) is 5.50. The third-order valence-corrected chi connectivity index (χ3v) is 3.52. The lowest BCUT2D eigenvalue weighted by Crippen LogP contribution is -2.06. The maximum absolute atomic E-state index is 13.9. The van der Waals surface area contributed by atoms with E-state index in [9.17, 15) is 9.50 Å². The van der Waals surface area contributed by atoms with Crippen molar-refractivity contribution in [2.45, 2.75) is 6.10 Å². The molecule has 3 rings (SSSR count). The third-order valence-electron chi connectivity index (χ3n) is 3.52. The highest BCUT2D eigenvalue weighted by atomic mass is 19.1. The van der Waals surface area contributed by atoms with Crippen molar-refractivity contribution in [2.75, 3.05) is 7.11 Å². The summed E-state index contributed by atoms with van der Waals surface area (Å²) in [7, 11) is 1.53. The van der Waals surface area contributed by atoms with E-state index in [0.29, 0.717) is 11.3 Å². The Morgan fingerprint density at radius 1 is 1.14 bits per heavy atom. The number of rotatable bonds is 3. The number of halogens is 1. The van der Waals surface area contributed by atoms with Gasteiger partial charge in [-0.05, 0) is 22.9 Å². The fourth-order valence-electron chi connectivity index (χ4n) is 2.50. The summed E-state index contributed by atoms with van der Waals surface area (Å²) in [6.07, 6.45) is 1.43. The predicted octanol–water partition coefficient (Wildman–Crippen LogP) is 3.46. The fraction of sp³-hybridized carbons (Fsp3) is 0.118. The maximum atomic E-state index is 13.9. The van der Waals surface area contributed by atoms with E-state index in [0.717, 1.165) is 17.0 Å². The lowest BCUT2D eigenvalue weighted by atomic mass is 9.95. The van der Waals surface area contributed by atoms with Gasteiger partial charge in [0.1, 0.15) is 17.7 Å². The smallest absolute Gasteiger partial charge is 0.147 e. The molecule has 0 spiro atoms. The van der Waals surface area contributed by atoms with Crippen LogP contribution in [0.25, 0.3) is 10.8 Å². The molecule has 3 aromatic rings. The highest BCUT2D eigenvalue weighted by Gasteiger charge is 2.21. The third kappa shape index (κ3) is 2.34. The summed E-state index contributed by atoms with van der Waals surface area (Å²) in [6, 6.07) is 12.8. The number of aliphatic hydroxyl groups excluding tert-OH is 1. The standard InChI is InChI=1S/C17H14FNO2/c1-21-15-7-6-11-4-2-3-5-12(11)16(15)17(20)13-8-9-19-10-14(13)18/h2-10,17,20H,1H3. The average Bonchev–Trinajstić information content (AvgIpc) is 2.53. The molecule has 0 aliphatic heterocycles. The van der Waals surface area contributed by atoms with Crippen molar-refractivity contribution < 1.29 is 14.2 Å². The monoisotopic (exact) mass is 283 g/mol. The zero-order valence-electron chi connectivity index (χ0n) is 11.5. The molecule has 0 amide bonds. The number of methoxy groups -OCH3 is 1. The number of benzene rings is 2. The maximum Gasteiger partial charge on any atom is 0.147 e. The van der Waals surface area contributed by atoms with Gasteiger partial charge in [0.15, 0.2) is 0 Å². The Morgan fingerprint density at radius 3 is 2.71 bits per heavy atom. The molecular formula is C17H14FNO2. The predicted molar refractivity (Wildman–Crippen MR) is 78.8 cm³/mol. The first kappa shape index (κ1) is 13.5. The topological polar surface area (TPSA) is 42.4 Å². The Hall–Kier alpha value is -2.46. The molecule has 0 bridgehead atoms. The van der Waals surface area contributed by atoms with Crippen molar-refractivity contribution in [3.63, 3.8) is 0 Å². The summed E-state index contributed by atoms with van der Waals surface area (Å²) in [6.45, 7) is 0. The molecule has 0 saturated heterocycles. The SMILES string of the molecule is COc1ccc2ccccc2c1C(O)c1ccncc1F. The Kier molecular flexibility index (Phi) is 3.54. The summed E-state index contributed by atoms with van der Waals surface area (Å²) in [5.74, 6) is -0.0163. The van der Waals surface area contributed by atoms with E-state index in [4.69, 9.17) is 4.74 Å².